The molecule has 0 unspecified atom stereocenters. The van der Waals surface area contributed by atoms with E-state index in [-0.39, 0.29) is 24.0 Å². The van der Waals surface area contributed by atoms with E-state index < -0.39 is 0 Å². The topological polar surface area (TPSA) is 82.1 Å². The van der Waals surface area contributed by atoms with Crippen molar-refractivity contribution in [3.8, 4) is 11.5 Å². The Bertz CT molecular complexity index is 891. The third-order valence-corrected chi connectivity index (χ3v) is 5.79. The number of phenols is 1. The van der Waals surface area contributed by atoms with Gasteiger partial charge in [0.15, 0.2) is 11.5 Å². The van der Waals surface area contributed by atoms with Crippen molar-refractivity contribution < 1.29 is 19.4 Å². The number of para-hydroxylation sites is 1. The van der Waals surface area contributed by atoms with Crippen LogP contribution in [0.15, 0.2) is 46.9 Å². The minimum absolute atomic E-state index is 0.0130. The molecule has 7 nitrogen and oxygen atoms in total. The Kier molecular flexibility index (Phi) is 7.70. The third-order valence-electron chi connectivity index (χ3n) is 5.06. The molecule has 1 heterocycles. The standard InChI is InChI=1S/C22H26BrN3O4/c1-30-20-12-16(18(23)14-19(20)27)13-22(29)26-9-5-8-25(10-11-26)15-21(28)24-17-6-3-2-4-7-17/h2-4,6-7,12,14,27H,5,8-11,13,15H2,1H3,(H,24,28). The fourth-order valence-corrected chi connectivity index (χ4v) is 3.93. The van der Waals surface area contributed by atoms with Gasteiger partial charge in [0.1, 0.15) is 0 Å². The second-order valence-corrected chi connectivity index (χ2v) is 8.07. The van der Waals surface area contributed by atoms with Crippen LogP contribution in [0.3, 0.4) is 0 Å². The van der Waals surface area contributed by atoms with Gasteiger partial charge in [-0.3, -0.25) is 14.5 Å². The zero-order valence-electron chi connectivity index (χ0n) is 16.9. The number of carbonyl (C=O) groups excluding carboxylic acids is 2. The maximum Gasteiger partial charge on any atom is 0.238 e. The number of ether oxygens (including phenoxy) is 1. The van der Waals surface area contributed by atoms with Gasteiger partial charge in [0.05, 0.1) is 20.1 Å². The van der Waals surface area contributed by atoms with Gasteiger partial charge in [-0.1, -0.05) is 34.1 Å². The second-order valence-electron chi connectivity index (χ2n) is 7.22. The molecule has 160 valence electrons. The number of nitrogens with one attached hydrogen (secondary N) is 1. The molecule has 2 aromatic carbocycles. The Balaban J connectivity index is 1.53. The molecule has 0 saturated carbocycles. The van der Waals surface area contributed by atoms with Gasteiger partial charge in [-0.15, -0.1) is 0 Å². The van der Waals surface area contributed by atoms with E-state index in [1.54, 1.807) is 6.07 Å². The predicted molar refractivity (Wildman–Crippen MR) is 119 cm³/mol. The number of benzene rings is 2. The van der Waals surface area contributed by atoms with Crippen molar-refractivity contribution in [2.45, 2.75) is 12.8 Å². The summed E-state index contributed by atoms with van der Waals surface area (Å²) in [7, 11) is 1.48. The first-order valence-corrected chi connectivity index (χ1v) is 10.7. The summed E-state index contributed by atoms with van der Waals surface area (Å²) in [6.07, 6.45) is 1.02. The van der Waals surface area contributed by atoms with Crippen LogP contribution in [0.4, 0.5) is 5.69 Å². The molecule has 30 heavy (non-hydrogen) atoms. The fourth-order valence-electron chi connectivity index (χ4n) is 3.46. The normalized spacial score (nSPS) is 14.8. The molecule has 8 heteroatoms. The quantitative estimate of drug-likeness (QED) is 0.670. The van der Waals surface area contributed by atoms with Crippen molar-refractivity contribution in [1.82, 2.24) is 9.80 Å². The van der Waals surface area contributed by atoms with Gasteiger partial charge >= 0.3 is 0 Å². The van der Waals surface area contributed by atoms with Crippen molar-refractivity contribution >= 4 is 33.4 Å². The van der Waals surface area contributed by atoms with E-state index in [1.165, 1.54) is 13.2 Å². The van der Waals surface area contributed by atoms with E-state index in [4.69, 9.17) is 4.74 Å². The fraction of sp³-hybridized carbons (Fsp3) is 0.364. The smallest absolute Gasteiger partial charge is 0.238 e. The van der Waals surface area contributed by atoms with Gasteiger partial charge < -0.3 is 20.1 Å². The zero-order valence-corrected chi connectivity index (χ0v) is 18.5. The van der Waals surface area contributed by atoms with E-state index in [1.807, 2.05) is 35.2 Å². The number of carbonyl (C=O) groups is 2. The Morgan fingerprint density at radius 2 is 1.90 bits per heavy atom. The zero-order chi connectivity index (χ0) is 21.5. The second kappa shape index (κ2) is 10.4. The summed E-state index contributed by atoms with van der Waals surface area (Å²) in [6.45, 7) is 2.95. The molecule has 2 amide bonds. The number of rotatable bonds is 6. The first-order chi connectivity index (χ1) is 14.5. The lowest BCUT2D eigenvalue weighted by atomic mass is 10.1. The van der Waals surface area contributed by atoms with E-state index in [9.17, 15) is 14.7 Å². The number of methoxy groups -OCH3 is 1. The van der Waals surface area contributed by atoms with Crippen LogP contribution in [0.2, 0.25) is 0 Å². The van der Waals surface area contributed by atoms with Gasteiger partial charge in [-0.25, -0.2) is 0 Å². The molecule has 1 fully saturated rings. The predicted octanol–water partition coefficient (Wildman–Crippen LogP) is 2.88. The number of phenolic OH excluding ortho intramolecular Hbond substituents is 1. The highest BCUT2D eigenvalue weighted by atomic mass is 79.9. The monoisotopic (exact) mass is 475 g/mol. The average molecular weight is 476 g/mol. The van der Waals surface area contributed by atoms with E-state index >= 15 is 0 Å². The highest BCUT2D eigenvalue weighted by Crippen LogP contribution is 2.32. The molecule has 0 bridgehead atoms. The number of halogens is 1. The van der Waals surface area contributed by atoms with Crippen LogP contribution in [0.5, 0.6) is 11.5 Å². The molecule has 0 aliphatic carbocycles. The lowest BCUT2D eigenvalue weighted by Crippen LogP contribution is -2.38. The Morgan fingerprint density at radius 3 is 2.63 bits per heavy atom. The molecule has 1 aliphatic rings. The Morgan fingerprint density at radius 1 is 1.13 bits per heavy atom. The van der Waals surface area contributed by atoms with Crippen molar-refractivity contribution in [3.63, 3.8) is 0 Å². The number of nitrogens with zero attached hydrogens (tertiary/aromatic N) is 2. The largest absolute Gasteiger partial charge is 0.504 e. The molecule has 1 aliphatic heterocycles. The van der Waals surface area contributed by atoms with E-state index in [0.717, 1.165) is 24.2 Å². The minimum Gasteiger partial charge on any atom is -0.504 e. The lowest BCUT2D eigenvalue weighted by molar-refractivity contribution is -0.130. The highest BCUT2D eigenvalue weighted by molar-refractivity contribution is 9.10. The molecule has 3 rings (SSSR count). The molecular weight excluding hydrogens is 450 g/mol. The van der Waals surface area contributed by atoms with E-state index in [2.05, 4.69) is 26.1 Å². The first kappa shape index (κ1) is 22.1. The van der Waals surface area contributed by atoms with Gasteiger partial charge in [-0.05, 0) is 36.2 Å². The molecule has 0 spiro atoms. The van der Waals surface area contributed by atoms with Crippen LogP contribution in [-0.2, 0) is 16.0 Å². The molecule has 2 aromatic rings. The maximum atomic E-state index is 12.8. The summed E-state index contributed by atoms with van der Waals surface area (Å²) < 4.78 is 5.81. The molecule has 0 radical (unpaired) electrons. The van der Waals surface area contributed by atoms with Crippen LogP contribution in [-0.4, -0.2) is 66.6 Å². The van der Waals surface area contributed by atoms with Gasteiger partial charge in [-0.2, -0.15) is 0 Å². The Hall–Kier alpha value is -2.58. The van der Waals surface area contributed by atoms with Crippen LogP contribution in [0.1, 0.15) is 12.0 Å². The van der Waals surface area contributed by atoms with Crippen LogP contribution in [0, 0.1) is 0 Å². The Labute approximate surface area is 184 Å². The van der Waals surface area contributed by atoms with Gasteiger partial charge in [0, 0.05) is 36.3 Å². The summed E-state index contributed by atoms with van der Waals surface area (Å²) in [5, 5.41) is 12.7. The van der Waals surface area contributed by atoms with Crippen molar-refractivity contribution in [2.75, 3.05) is 45.2 Å². The minimum atomic E-state index is -0.0545. The summed E-state index contributed by atoms with van der Waals surface area (Å²) in [6, 6.07) is 12.6. The van der Waals surface area contributed by atoms with Crippen LogP contribution >= 0.6 is 15.9 Å². The number of amides is 2. The van der Waals surface area contributed by atoms with Crippen LogP contribution in [0.25, 0.3) is 0 Å². The van der Waals surface area contributed by atoms with Gasteiger partial charge in [0.2, 0.25) is 11.8 Å². The van der Waals surface area contributed by atoms with Crippen molar-refractivity contribution in [2.24, 2.45) is 0 Å². The average Bonchev–Trinajstić information content (AvgIpc) is 2.96. The highest BCUT2D eigenvalue weighted by Gasteiger charge is 2.22. The first-order valence-electron chi connectivity index (χ1n) is 9.86. The SMILES string of the molecule is COc1cc(CC(=O)N2CCCN(CC(=O)Nc3ccccc3)CC2)c(Br)cc1O. The van der Waals surface area contributed by atoms with E-state index in [0.29, 0.717) is 36.4 Å². The summed E-state index contributed by atoms with van der Waals surface area (Å²) in [5.74, 6) is 0.326. The van der Waals surface area contributed by atoms with Crippen molar-refractivity contribution in [1.29, 1.82) is 0 Å². The molecule has 0 atom stereocenters. The van der Waals surface area contributed by atoms with Crippen molar-refractivity contribution in [3.05, 3.63) is 52.5 Å². The maximum absolute atomic E-state index is 12.8. The molecule has 0 aromatic heterocycles. The molecule has 1 saturated heterocycles. The molecular formula is C22H26BrN3O4. The number of anilines is 1. The molecule has 2 N–H and O–H groups in total. The third kappa shape index (κ3) is 5.96. The van der Waals surface area contributed by atoms with Gasteiger partial charge in [0.25, 0.3) is 0 Å². The number of aromatic hydroxyl groups is 1. The number of hydrogen-bond acceptors (Lipinski definition) is 5. The lowest BCUT2D eigenvalue weighted by Gasteiger charge is -2.22. The van der Waals surface area contributed by atoms with Crippen LogP contribution < -0.4 is 10.1 Å². The summed E-state index contributed by atoms with van der Waals surface area (Å²) in [5.41, 5.74) is 1.54. The summed E-state index contributed by atoms with van der Waals surface area (Å²) in [4.78, 5) is 29.0. The summed E-state index contributed by atoms with van der Waals surface area (Å²) >= 11 is 3.40. The number of hydrogen-bond donors (Lipinski definition) is 2.